The number of nitriles is 1. The zero-order valence-electron chi connectivity index (χ0n) is 10.6. The molecular weight excluding hydrogens is 240 g/mol. The average Bonchev–Trinajstić information content (AvgIpc) is 2.91. The van der Waals surface area contributed by atoms with Crippen molar-refractivity contribution in [3.05, 3.63) is 59.5 Å². The summed E-state index contributed by atoms with van der Waals surface area (Å²) in [6, 6.07) is 10.5. The van der Waals surface area contributed by atoms with Gasteiger partial charge in [0.05, 0.1) is 24.2 Å². The molecule has 1 heterocycles. The minimum absolute atomic E-state index is 0.00385. The molecule has 0 aliphatic carbocycles. The summed E-state index contributed by atoms with van der Waals surface area (Å²) in [6.45, 7) is 1.93. The lowest BCUT2D eigenvalue weighted by molar-refractivity contribution is 0.0940. The van der Waals surface area contributed by atoms with Gasteiger partial charge in [-0.25, -0.2) is 0 Å². The van der Waals surface area contributed by atoms with Crippen molar-refractivity contribution in [3.63, 3.8) is 0 Å². The van der Waals surface area contributed by atoms with Crippen molar-refractivity contribution in [1.29, 1.82) is 5.26 Å². The van der Waals surface area contributed by atoms with Gasteiger partial charge in [-0.15, -0.1) is 0 Å². The molecule has 1 aromatic carbocycles. The normalized spacial score (nSPS) is 11.6. The van der Waals surface area contributed by atoms with Gasteiger partial charge in [0, 0.05) is 11.6 Å². The molecule has 0 saturated heterocycles. The number of nitrogens with zero attached hydrogens (tertiary/aromatic N) is 1. The molecule has 0 saturated carbocycles. The van der Waals surface area contributed by atoms with E-state index in [-0.39, 0.29) is 11.9 Å². The second kappa shape index (κ2) is 5.87. The summed E-state index contributed by atoms with van der Waals surface area (Å²) in [6.07, 6.45) is 3.99. The Morgan fingerprint density at radius 3 is 3.00 bits per heavy atom. The number of hydrogen-bond donors (Lipinski definition) is 1. The van der Waals surface area contributed by atoms with Crippen LogP contribution in [-0.4, -0.2) is 11.9 Å². The molecule has 0 bridgehead atoms. The smallest absolute Gasteiger partial charge is 0.251 e. The number of carbonyl (C=O) groups excluding carboxylic acids is 1. The number of amides is 1. The van der Waals surface area contributed by atoms with Gasteiger partial charge >= 0.3 is 0 Å². The van der Waals surface area contributed by atoms with Crippen LogP contribution in [0.15, 0.2) is 47.3 Å². The fourth-order valence-corrected chi connectivity index (χ4v) is 1.85. The monoisotopic (exact) mass is 254 g/mol. The third-order valence-corrected chi connectivity index (χ3v) is 2.75. The number of rotatable bonds is 4. The lowest BCUT2D eigenvalue weighted by atomic mass is 10.1. The summed E-state index contributed by atoms with van der Waals surface area (Å²) < 4.78 is 4.99. The molecule has 0 radical (unpaired) electrons. The van der Waals surface area contributed by atoms with Gasteiger partial charge in [0.1, 0.15) is 0 Å². The number of nitrogens with one attached hydrogen (secondary N) is 1. The molecule has 0 aliphatic rings. The summed E-state index contributed by atoms with van der Waals surface area (Å²) >= 11 is 0. The van der Waals surface area contributed by atoms with Gasteiger partial charge in [0.2, 0.25) is 0 Å². The maximum Gasteiger partial charge on any atom is 0.251 e. The van der Waals surface area contributed by atoms with Crippen LogP contribution in [0.25, 0.3) is 0 Å². The fourth-order valence-electron chi connectivity index (χ4n) is 1.85. The maximum atomic E-state index is 12.0. The predicted molar refractivity (Wildman–Crippen MR) is 70.5 cm³/mol. The van der Waals surface area contributed by atoms with Crippen LogP contribution in [0.2, 0.25) is 0 Å². The first-order valence-electron chi connectivity index (χ1n) is 6.01. The van der Waals surface area contributed by atoms with Gasteiger partial charge in [0.15, 0.2) is 0 Å². The molecule has 96 valence electrons. The van der Waals surface area contributed by atoms with Crippen LogP contribution >= 0.6 is 0 Å². The van der Waals surface area contributed by atoms with Gasteiger partial charge in [0.25, 0.3) is 5.91 Å². The highest BCUT2D eigenvalue weighted by molar-refractivity contribution is 5.94. The Kier molecular flexibility index (Phi) is 3.99. The van der Waals surface area contributed by atoms with E-state index in [0.717, 1.165) is 5.56 Å². The number of carbonyl (C=O) groups is 1. The minimum Gasteiger partial charge on any atom is -0.472 e. The van der Waals surface area contributed by atoms with Gasteiger partial charge in [-0.1, -0.05) is 6.07 Å². The molecule has 1 atom stereocenters. The lowest BCUT2D eigenvalue weighted by Crippen LogP contribution is -2.34. The van der Waals surface area contributed by atoms with E-state index >= 15 is 0 Å². The fraction of sp³-hybridized carbons (Fsp3) is 0.200. The Morgan fingerprint density at radius 1 is 1.47 bits per heavy atom. The largest absolute Gasteiger partial charge is 0.472 e. The summed E-state index contributed by atoms with van der Waals surface area (Å²) in [5, 5.41) is 11.7. The van der Waals surface area contributed by atoms with Crippen LogP contribution in [0.1, 0.15) is 28.4 Å². The Labute approximate surface area is 111 Å². The van der Waals surface area contributed by atoms with Crippen molar-refractivity contribution in [2.75, 3.05) is 0 Å². The van der Waals surface area contributed by atoms with E-state index in [9.17, 15) is 4.79 Å². The molecule has 19 heavy (non-hydrogen) atoms. The molecule has 1 unspecified atom stereocenters. The van der Waals surface area contributed by atoms with Crippen molar-refractivity contribution in [2.45, 2.75) is 19.4 Å². The van der Waals surface area contributed by atoms with Gasteiger partial charge in [-0.05, 0) is 43.2 Å². The Balaban J connectivity index is 1.98. The molecule has 2 rings (SSSR count). The van der Waals surface area contributed by atoms with Crippen LogP contribution in [0.5, 0.6) is 0 Å². The standard InChI is InChI=1S/C15H14N2O2/c1-11(7-13-5-6-19-10-13)17-15(18)14-4-2-3-12(8-14)9-16/h2-6,8,10-11H,7H2,1H3,(H,17,18). The first-order chi connectivity index (χ1) is 9.19. The summed E-state index contributed by atoms with van der Waals surface area (Å²) in [4.78, 5) is 12.0. The molecule has 1 aromatic heterocycles. The van der Waals surface area contributed by atoms with Crippen LogP contribution < -0.4 is 5.32 Å². The third-order valence-electron chi connectivity index (χ3n) is 2.75. The van der Waals surface area contributed by atoms with Gasteiger partial charge in [-0.2, -0.15) is 5.26 Å². The first-order valence-corrected chi connectivity index (χ1v) is 6.01. The van der Waals surface area contributed by atoms with Gasteiger partial charge in [-0.3, -0.25) is 4.79 Å². The van der Waals surface area contributed by atoms with E-state index in [4.69, 9.17) is 9.68 Å². The highest BCUT2D eigenvalue weighted by Gasteiger charge is 2.11. The molecule has 1 amide bonds. The van der Waals surface area contributed by atoms with Crippen molar-refractivity contribution >= 4 is 5.91 Å². The van der Waals surface area contributed by atoms with Crippen LogP contribution in [0.3, 0.4) is 0 Å². The van der Waals surface area contributed by atoms with E-state index < -0.39 is 0 Å². The van der Waals surface area contributed by atoms with Crippen molar-refractivity contribution in [2.24, 2.45) is 0 Å². The first kappa shape index (κ1) is 12.9. The minimum atomic E-state index is -0.173. The molecule has 1 N–H and O–H groups in total. The van der Waals surface area contributed by atoms with Gasteiger partial charge < -0.3 is 9.73 Å². The topological polar surface area (TPSA) is 66.0 Å². The Bertz CT molecular complexity index is 597. The summed E-state index contributed by atoms with van der Waals surface area (Å²) in [5.74, 6) is -0.173. The SMILES string of the molecule is CC(Cc1ccoc1)NC(=O)c1cccc(C#N)c1. The predicted octanol–water partition coefficient (Wildman–Crippen LogP) is 2.51. The molecule has 0 fully saturated rings. The van der Waals surface area contributed by atoms with Crippen molar-refractivity contribution in [3.8, 4) is 6.07 Å². The third kappa shape index (κ3) is 3.46. The number of furan rings is 1. The number of hydrogen-bond acceptors (Lipinski definition) is 3. The van der Waals surface area contributed by atoms with Crippen LogP contribution in [-0.2, 0) is 6.42 Å². The summed E-state index contributed by atoms with van der Waals surface area (Å²) in [7, 11) is 0. The molecule has 4 heteroatoms. The van der Waals surface area contributed by atoms with E-state index in [0.29, 0.717) is 17.5 Å². The highest BCUT2D eigenvalue weighted by Crippen LogP contribution is 2.07. The Morgan fingerprint density at radius 2 is 2.32 bits per heavy atom. The number of benzene rings is 1. The zero-order chi connectivity index (χ0) is 13.7. The van der Waals surface area contributed by atoms with Crippen LogP contribution in [0.4, 0.5) is 0 Å². The summed E-state index contributed by atoms with van der Waals surface area (Å²) in [5.41, 5.74) is 2.02. The quantitative estimate of drug-likeness (QED) is 0.911. The van der Waals surface area contributed by atoms with E-state index in [1.54, 1.807) is 36.8 Å². The maximum absolute atomic E-state index is 12.0. The Hall–Kier alpha value is -2.54. The molecule has 4 nitrogen and oxygen atoms in total. The second-order valence-corrected chi connectivity index (χ2v) is 4.40. The zero-order valence-corrected chi connectivity index (χ0v) is 10.6. The van der Waals surface area contributed by atoms with E-state index in [2.05, 4.69) is 5.32 Å². The van der Waals surface area contributed by atoms with Crippen LogP contribution in [0, 0.1) is 11.3 Å². The van der Waals surface area contributed by atoms with Crippen molar-refractivity contribution in [1.82, 2.24) is 5.32 Å². The van der Waals surface area contributed by atoms with E-state index in [1.165, 1.54) is 0 Å². The van der Waals surface area contributed by atoms with E-state index in [1.807, 2.05) is 19.1 Å². The lowest BCUT2D eigenvalue weighted by Gasteiger charge is -2.12. The average molecular weight is 254 g/mol. The molecular formula is C15H14N2O2. The second-order valence-electron chi connectivity index (χ2n) is 4.40. The molecule has 2 aromatic rings. The van der Waals surface area contributed by atoms with Crippen molar-refractivity contribution < 1.29 is 9.21 Å². The molecule has 0 spiro atoms. The highest BCUT2D eigenvalue weighted by atomic mass is 16.3. The molecule has 0 aliphatic heterocycles.